The van der Waals surface area contributed by atoms with Crippen LogP contribution in [-0.2, 0) is 16.0 Å². The smallest absolute Gasteiger partial charge is 0.426 e. The maximum atomic E-state index is 12.3. The summed E-state index contributed by atoms with van der Waals surface area (Å²) in [6.45, 7) is 7.29. The zero-order valence-corrected chi connectivity index (χ0v) is 14.7. The molecule has 7 heteroatoms. The van der Waals surface area contributed by atoms with Gasteiger partial charge in [-0.2, -0.15) is 0 Å². The van der Waals surface area contributed by atoms with Gasteiger partial charge in [-0.1, -0.05) is 30.3 Å². The summed E-state index contributed by atoms with van der Waals surface area (Å²) in [6.07, 6.45) is 3.25. The fraction of sp³-hybridized carbons (Fsp3) is 0.444. The fourth-order valence-electron chi connectivity index (χ4n) is 2.84. The van der Waals surface area contributed by atoms with Crippen molar-refractivity contribution in [3.05, 3.63) is 47.5 Å². The first-order valence-electron chi connectivity index (χ1n) is 8.46. The van der Waals surface area contributed by atoms with Crippen LogP contribution in [0.2, 0.25) is 0 Å². The van der Waals surface area contributed by atoms with Crippen LogP contribution in [0.4, 0.5) is 0 Å². The van der Waals surface area contributed by atoms with Gasteiger partial charge in [0.1, 0.15) is 6.54 Å². The van der Waals surface area contributed by atoms with Crippen LogP contribution >= 0.6 is 0 Å². The number of nitrogens with zero attached hydrogens (tertiary/aromatic N) is 1. The molecule has 1 aliphatic carbocycles. The largest absolute Gasteiger partial charge is 0.475 e. The van der Waals surface area contributed by atoms with Crippen LogP contribution < -0.4 is 5.32 Å². The van der Waals surface area contributed by atoms with Crippen molar-refractivity contribution in [2.24, 2.45) is 0 Å². The highest BCUT2D eigenvalue weighted by Gasteiger charge is 2.34. The summed E-state index contributed by atoms with van der Waals surface area (Å²) in [5, 5.41) is 21.9. The predicted molar refractivity (Wildman–Crippen MR) is 96.7 cm³/mol. The highest BCUT2D eigenvalue weighted by molar-refractivity contribution is 6.43. The van der Waals surface area contributed by atoms with Crippen molar-refractivity contribution in [2.75, 3.05) is 6.54 Å². The Morgan fingerprint density at radius 3 is 2.60 bits per heavy atom. The maximum Gasteiger partial charge on any atom is 0.475 e. The van der Waals surface area contributed by atoms with Crippen LogP contribution in [0.5, 0.6) is 0 Å². The lowest BCUT2D eigenvalue weighted by molar-refractivity contribution is -0.133. The summed E-state index contributed by atoms with van der Waals surface area (Å²) in [5.41, 5.74) is 3.08. The lowest BCUT2D eigenvalue weighted by Gasteiger charge is -2.23. The Morgan fingerprint density at radius 1 is 1.40 bits per heavy atom. The summed E-state index contributed by atoms with van der Waals surface area (Å²) in [7, 11) is -1.69. The van der Waals surface area contributed by atoms with Crippen LogP contribution in [0.25, 0.3) is 0 Å². The SMILES string of the molecule is C=CC(=O)N(CC(=O)N[C@@H](Cc1ccc(C)cc1C)B(O)O)C1CC1. The number of amides is 2. The summed E-state index contributed by atoms with van der Waals surface area (Å²) < 4.78 is 0. The molecule has 0 radical (unpaired) electrons. The molecule has 1 aromatic carbocycles. The zero-order valence-electron chi connectivity index (χ0n) is 14.7. The van der Waals surface area contributed by atoms with Crippen molar-refractivity contribution >= 4 is 18.9 Å². The van der Waals surface area contributed by atoms with E-state index in [1.807, 2.05) is 32.0 Å². The Hall–Kier alpha value is -2.12. The van der Waals surface area contributed by atoms with Gasteiger partial charge in [0.05, 0.1) is 5.94 Å². The first-order valence-corrected chi connectivity index (χ1v) is 8.46. The Kier molecular flexibility index (Phi) is 6.39. The molecule has 0 saturated heterocycles. The fourth-order valence-corrected chi connectivity index (χ4v) is 2.84. The molecule has 0 spiro atoms. The number of aryl methyl sites for hydroxylation is 2. The molecular formula is C18H25BN2O4. The molecule has 0 aromatic heterocycles. The molecule has 25 heavy (non-hydrogen) atoms. The molecule has 6 nitrogen and oxygen atoms in total. The minimum Gasteiger partial charge on any atom is -0.426 e. The van der Waals surface area contributed by atoms with Crippen molar-refractivity contribution in [3.8, 4) is 0 Å². The number of hydrogen-bond acceptors (Lipinski definition) is 4. The molecule has 1 aliphatic rings. The Morgan fingerprint density at radius 2 is 2.08 bits per heavy atom. The third-order valence-electron chi connectivity index (χ3n) is 4.40. The van der Waals surface area contributed by atoms with Crippen molar-refractivity contribution in [3.63, 3.8) is 0 Å². The molecule has 134 valence electrons. The lowest BCUT2D eigenvalue weighted by Crippen LogP contribution is -2.51. The minimum atomic E-state index is -1.69. The van der Waals surface area contributed by atoms with Gasteiger partial charge in [0, 0.05) is 6.04 Å². The number of hydrogen-bond donors (Lipinski definition) is 3. The van der Waals surface area contributed by atoms with Gasteiger partial charge >= 0.3 is 7.12 Å². The van der Waals surface area contributed by atoms with Gasteiger partial charge in [-0.3, -0.25) is 9.59 Å². The molecular weight excluding hydrogens is 319 g/mol. The molecule has 3 N–H and O–H groups in total. The van der Waals surface area contributed by atoms with E-state index >= 15 is 0 Å². The van der Waals surface area contributed by atoms with E-state index in [9.17, 15) is 19.6 Å². The average molecular weight is 344 g/mol. The van der Waals surface area contributed by atoms with Crippen molar-refractivity contribution in [1.29, 1.82) is 0 Å². The molecule has 0 aliphatic heterocycles. The summed E-state index contributed by atoms with van der Waals surface area (Å²) in [5.74, 6) is -1.54. The van der Waals surface area contributed by atoms with Gasteiger partial charge in [0.2, 0.25) is 11.8 Å². The normalized spacial score (nSPS) is 14.6. The standard InChI is InChI=1S/C18H25BN2O4/c1-4-18(23)21(15-7-8-15)11-17(22)20-16(19(24)25)10-14-6-5-12(2)9-13(14)3/h4-6,9,15-16,24-25H,1,7-8,10-11H2,2-3H3,(H,20,22)/t16-/m0/s1. The number of carbonyl (C=O) groups is 2. The highest BCUT2D eigenvalue weighted by Crippen LogP contribution is 2.26. The Labute approximate surface area is 148 Å². The first-order chi connectivity index (χ1) is 11.8. The van der Waals surface area contributed by atoms with Crippen LogP contribution in [0, 0.1) is 13.8 Å². The van der Waals surface area contributed by atoms with E-state index in [0.717, 1.165) is 29.5 Å². The summed E-state index contributed by atoms with van der Waals surface area (Å²) >= 11 is 0. The molecule has 2 rings (SSSR count). The van der Waals surface area contributed by atoms with Crippen LogP contribution in [0.1, 0.15) is 29.5 Å². The number of carbonyl (C=O) groups excluding carboxylic acids is 2. The molecule has 0 bridgehead atoms. The van der Waals surface area contributed by atoms with E-state index in [1.165, 1.54) is 11.0 Å². The topological polar surface area (TPSA) is 89.9 Å². The van der Waals surface area contributed by atoms with Gasteiger partial charge in [0.15, 0.2) is 0 Å². The second kappa shape index (κ2) is 8.31. The highest BCUT2D eigenvalue weighted by atomic mass is 16.4. The molecule has 1 fully saturated rings. The molecule has 1 aromatic rings. The van der Waals surface area contributed by atoms with E-state index in [4.69, 9.17) is 0 Å². The third-order valence-corrected chi connectivity index (χ3v) is 4.40. The van der Waals surface area contributed by atoms with E-state index in [0.29, 0.717) is 6.42 Å². The quantitative estimate of drug-likeness (QED) is 0.474. The Balaban J connectivity index is 2.01. The molecule has 0 heterocycles. The van der Waals surface area contributed by atoms with E-state index in [-0.39, 0.29) is 18.5 Å². The third kappa shape index (κ3) is 5.44. The van der Waals surface area contributed by atoms with Crippen molar-refractivity contribution in [2.45, 2.75) is 45.1 Å². The van der Waals surface area contributed by atoms with Gasteiger partial charge in [-0.15, -0.1) is 0 Å². The number of rotatable bonds is 8. The van der Waals surface area contributed by atoms with Crippen LogP contribution in [0.3, 0.4) is 0 Å². The zero-order chi connectivity index (χ0) is 18.6. The predicted octanol–water partition coefficient (Wildman–Crippen LogP) is 0.520. The van der Waals surface area contributed by atoms with Gasteiger partial charge in [0.25, 0.3) is 0 Å². The molecule has 0 unspecified atom stereocenters. The molecule has 1 atom stereocenters. The first kappa shape index (κ1) is 19.2. The Bertz CT molecular complexity index is 658. The maximum absolute atomic E-state index is 12.3. The molecule has 2 amide bonds. The van der Waals surface area contributed by atoms with Crippen molar-refractivity contribution in [1.82, 2.24) is 10.2 Å². The number of benzene rings is 1. The lowest BCUT2D eigenvalue weighted by atomic mass is 9.75. The minimum absolute atomic E-state index is 0.0769. The van der Waals surface area contributed by atoms with Crippen LogP contribution in [-0.4, -0.2) is 52.4 Å². The average Bonchev–Trinajstić information content (AvgIpc) is 3.38. The van der Waals surface area contributed by atoms with Gasteiger partial charge in [-0.05, 0) is 50.3 Å². The van der Waals surface area contributed by atoms with Gasteiger partial charge < -0.3 is 20.3 Å². The monoisotopic (exact) mass is 344 g/mol. The summed E-state index contributed by atoms with van der Waals surface area (Å²) in [6, 6.07) is 5.95. The van der Waals surface area contributed by atoms with Gasteiger partial charge in [-0.25, -0.2) is 0 Å². The van der Waals surface area contributed by atoms with E-state index in [2.05, 4.69) is 11.9 Å². The van der Waals surface area contributed by atoms with E-state index in [1.54, 1.807) is 0 Å². The van der Waals surface area contributed by atoms with Crippen LogP contribution in [0.15, 0.2) is 30.9 Å². The number of nitrogens with one attached hydrogen (secondary N) is 1. The van der Waals surface area contributed by atoms with Crippen molar-refractivity contribution < 1.29 is 19.6 Å². The second-order valence-corrected chi connectivity index (χ2v) is 6.62. The van der Waals surface area contributed by atoms with E-state index < -0.39 is 19.0 Å². The molecule has 1 saturated carbocycles. The second-order valence-electron chi connectivity index (χ2n) is 6.62. The summed E-state index contributed by atoms with van der Waals surface area (Å²) in [4.78, 5) is 25.6.